The minimum atomic E-state index is 0.905. The van der Waals surface area contributed by atoms with Crippen molar-refractivity contribution in [2.75, 3.05) is 5.32 Å². The first-order chi connectivity index (χ1) is 22.2. The van der Waals surface area contributed by atoms with Crippen molar-refractivity contribution in [3.05, 3.63) is 154 Å². The van der Waals surface area contributed by atoms with Gasteiger partial charge in [0.2, 0.25) is 0 Å². The number of anilines is 1. The molecule has 0 spiro atoms. The van der Waals surface area contributed by atoms with Crippen molar-refractivity contribution in [2.45, 2.75) is 12.8 Å². The average molecular weight is 693 g/mol. The van der Waals surface area contributed by atoms with Crippen LogP contribution in [0, 0.1) is 3.57 Å². The highest BCUT2D eigenvalue weighted by Crippen LogP contribution is 2.31. The molecular weight excluding hydrogens is 663 g/mol. The van der Waals surface area contributed by atoms with Crippen molar-refractivity contribution in [3.8, 4) is 39.6 Å². The molecule has 0 fully saturated rings. The molecule has 0 atom stereocenters. The molecule has 7 aromatic rings. The Bertz CT molecular complexity index is 2310. The number of benzene rings is 5. The molecule has 216 valence electrons. The van der Waals surface area contributed by atoms with E-state index in [-0.39, 0.29) is 0 Å². The fourth-order valence-corrected chi connectivity index (χ4v) is 6.88. The standard InChI is InChI=1S/C40H29IN4/c41-33-21-8-7-20-32(33)39-38-28(26-36(43-39)27-13-3-1-4-14-27)15-12-23-35(38)42-30-17-11-16-29(25-30)40-44-34-22-9-10-24-37(34)45(40)31-18-5-2-6-19-31/h1-11,13-22,24-26,42H,12,23H2. The minimum absolute atomic E-state index is 0.905. The number of halogens is 1. The van der Waals surface area contributed by atoms with Gasteiger partial charge >= 0.3 is 0 Å². The summed E-state index contributed by atoms with van der Waals surface area (Å²) >= 11 is 2.43. The summed E-state index contributed by atoms with van der Waals surface area (Å²) in [5.41, 5.74) is 10.7. The summed E-state index contributed by atoms with van der Waals surface area (Å²) < 4.78 is 3.43. The van der Waals surface area contributed by atoms with Gasteiger partial charge in [-0.1, -0.05) is 97.1 Å². The lowest BCUT2D eigenvalue weighted by molar-refractivity contribution is 1.06. The molecule has 1 aliphatic carbocycles. The number of para-hydroxylation sites is 3. The van der Waals surface area contributed by atoms with Gasteiger partial charge in [0.25, 0.3) is 0 Å². The lowest BCUT2D eigenvalue weighted by atomic mass is 9.98. The van der Waals surface area contributed by atoms with Crippen LogP contribution in [0.4, 0.5) is 5.69 Å². The Labute approximate surface area is 275 Å². The molecule has 0 aliphatic heterocycles. The van der Waals surface area contributed by atoms with Crippen molar-refractivity contribution < 1.29 is 0 Å². The zero-order valence-corrected chi connectivity index (χ0v) is 26.6. The van der Waals surface area contributed by atoms with Crippen molar-refractivity contribution in [3.63, 3.8) is 0 Å². The van der Waals surface area contributed by atoms with Gasteiger partial charge in [0.15, 0.2) is 0 Å². The maximum Gasteiger partial charge on any atom is 0.145 e. The van der Waals surface area contributed by atoms with E-state index in [9.17, 15) is 0 Å². The Morgan fingerprint density at radius 1 is 0.667 bits per heavy atom. The zero-order chi connectivity index (χ0) is 30.2. The molecule has 2 heterocycles. The zero-order valence-electron chi connectivity index (χ0n) is 24.5. The van der Waals surface area contributed by atoms with Crippen LogP contribution >= 0.6 is 22.6 Å². The normalized spacial score (nSPS) is 12.5. The maximum atomic E-state index is 5.31. The molecule has 45 heavy (non-hydrogen) atoms. The molecule has 0 bridgehead atoms. The third-order valence-electron chi connectivity index (χ3n) is 8.30. The molecule has 5 heteroatoms. The maximum absolute atomic E-state index is 5.31. The topological polar surface area (TPSA) is 42.7 Å². The molecule has 4 nitrogen and oxygen atoms in total. The Morgan fingerprint density at radius 3 is 2.24 bits per heavy atom. The molecule has 5 aromatic carbocycles. The van der Waals surface area contributed by atoms with Crippen LogP contribution < -0.4 is 15.8 Å². The van der Waals surface area contributed by atoms with Crippen LogP contribution in [0.5, 0.6) is 0 Å². The highest BCUT2D eigenvalue weighted by molar-refractivity contribution is 14.1. The fraction of sp³-hybridized carbons (Fsp3) is 0.0500. The van der Waals surface area contributed by atoms with E-state index in [0.29, 0.717) is 0 Å². The Kier molecular flexibility index (Phi) is 7.23. The van der Waals surface area contributed by atoms with E-state index >= 15 is 0 Å². The number of hydrogen-bond donors (Lipinski definition) is 1. The number of pyridine rings is 1. The molecule has 0 saturated carbocycles. The van der Waals surface area contributed by atoms with E-state index < -0.39 is 0 Å². The number of imidazole rings is 1. The summed E-state index contributed by atoms with van der Waals surface area (Å²) in [6.07, 6.45) is 4.22. The third kappa shape index (κ3) is 5.23. The highest BCUT2D eigenvalue weighted by atomic mass is 127. The molecule has 1 aliphatic rings. The lowest BCUT2D eigenvalue weighted by Crippen LogP contribution is -2.35. The number of rotatable bonds is 6. The van der Waals surface area contributed by atoms with Crippen LogP contribution in [-0.2, 0) is 0 Å². The van der Waals surface area contributed by atoms with Crippen LogP contribution in [-0.4, -0.2) is 14.5 Å². The highest BCUT2D eigenvalue weighted by Gasteiger charge is 2.18. The fourth-order valence-electron chi connectivity index (χ4n) is 6.24. The van der Waals surface area contributed by atoms with Crippen molar-refractivity contribution in [1.82, 2.24) is 14.5 Å². The van der Waals surface area contributed by atoms with Crippen LogP contribution in [0.3, 0.4) is 0 Å². The summed E-state index contributed by atoms with van der Waals surface area (Å²) in [6, 6.07) is 48.6. The van der Waals surface area contributed by atoms with Gasteiger partial charge in [-0.15, -0.1) is 0 Å². The second-order valence-electron chi connectivity index (χ2n) is 11.2. The minimum Gasteiger partial charge on any atom is -0.358 e. The predicted octanol–water partition coefficient (Wildman–Crippen LogP) is 8.82. The first-order valence-corrected chi connectivity index (χ1v) is 16.3. The molecule has 0 unspecified atom stereocenters. The SMILES string of the molecule is Ic1ccccc1-c1nc(-c2ccccc2)cc2c1=C(Nc1cccc(-c3nc4ccccc4n3-c3ccccc3)c1)CCC=2. The number of fused-ring (bicyclic) bond motifs is 2. The van der Waals surface area contributed by atoms with Crippen LogP contribution in [0.2, 0.25) is 0 Å². The Balaban J connectivity index is 1.29. The Hall–Kier alpha value is -5.01. The van der Waals surface area contributed by atoms with Gasteiger partial charge < -0.3 is 5.32 Å². The van der Waals surface area contributed by atoms with Gasteiger partial charge in [-0.25, -0.2) is 9.97 Å². The van der Waals surface area contributed by atoms with Crippen molar-refractivity contribution >= 4 is 51.1 Å². The van der Waals surface area contributed by atoms with Crippen LogP contribution in [0.25, 0.3) is 62.4 Å². The smallest absolute Gasteiger partial charge is 0.145 e. The monoisotopic (exact) mass is 692 g/mol. The van der Waals surface area contributed by atoms with E-state index in [1.807, 2.05) is 18.2 Å². The summed E-state index contributed by atoms with van der Waals surface area (Å²) in [4.78, 5) is 10.4. The lowest BCUT2D eigenvalue weighted by Gasteiger charge is -2.18. The Morgan fingerprint density at radius 2 is 1.40 bits per heavy atom. The third-order valence-corrected chi connectivity index (χ3v) is 9.24. The molecular formula is C40H29IN4. The van der Waals surface area contributed by atoms with Gasteiger partial charge in [-0.3, -0.25) is 4.57 Å². The summed E-state index contributed by atoms with van der Waals surface area (Å²) in [7, 11) is 0. The van der Waals surface area contributed by atoms with Gasteiger partial charge in [-0.2, -0.15) is 0 Å². The second-order valence-corrected chi connectivity index (χ2v) is 12.4. The van der Waals surface area contributed by atoms with Gasteiger partial charge in [-0.05, 0) is 89.2 Å². The van der Waals surface area contributed by atoms with E-state index in [1.165, 1.54) is 19.7 Å². The van der Waals surface area contributed by atoms with Crippen molar-refractivity contribution in [2.24, 2.45) is 0 Å². The number of hydrogen-bond acceptors (Lipinski definition) is 3. The van der Waals surface area contributed by atoms with Crippen LogP contribution in [0.15, 0.2) is 140 Å². The number of nitrogens with zero attached hydrogens (tertiary/aromatic N) is 3. The predicted molar refractivity (Wildman–Crippen MR) is 194 cm³/mol. The summed E-state index contributed by atoms with van der Waals surface area (Å²) in [5.74, 6) is 0.919. The van der Waals surface area contributed by atoms with Crippen LogP contribution in [0.1, 0.15) is 12.8 Å². The largest absolute Gasteiger partial charge is 0.358 e. The molecule has 0 radical (unpaired) electrons. The van der Waals surface area contributed by atoms with Gasteiger partial charge in [0.1, 0.15) is 5.82 Å². The van der Waals surface area contributed by atoms with Gasteiger partial charge in [0.05, 0.1) is 22.4 Å². The molecule has 0 amide bonds. The van der Waals surface area contributed by atoms with E-state index in [4.69, 9.17) is 9.97 Å². The quantitative estimate of drug-likeness (QED) is 0.177. The van der Waals surface area contributed by atoms with Gasteiger partial charge in [0, 0.05) is 42.6 Å². The summed E-state index contributed by atoms with van der Waals surface area (Å²) in [6.45, 7) is 0. The van der Waals surface area contributed by atoms with E-state index in [2.05, 4.69) is 160 Å². The molecule has 1 N–H and O–H groups in total. The first-order valence-electron chi connectivity index (χ1n) is 15.2. The first kappa shape index (κ1) is 27.5. The summed E-state index contributed by atoms with van der Waals surface area (Å²) in [5, 5.41) is 6.24. The van der Waals surface area contributed by atoms with E-state index in [0.717, 1.165) is 69.2 Å². The number of nitrogens with one attached hydrogen (secondary N) is 1. The van der Waals surface area contributed by atoms with E-state index in [1.54, 1.807) is 0 Å². The number of aromatic nitrogens is 3. The second kappa shape index (κ2) is 11.8. The molecule has 2 aromatic heterocycles. The molecule has 0 saturated heterocycles. The molecule has 8 rings (SSSR count). The van der Waals surface area contributed by atoms with Crippen molar-refractivity contribution in [1.29, 1.82) is 0 Å². The average Bonchev–Trinajstić information content (AvgIpc) is 3.49.